The van der Waals surface area contributed by atoms with Gasteiger partial charge < -0.3 is 14.2 Å². The zero-order valence-corrected chi connectivity index (χ0v) is 17.4. The average molecular weight is 433 g/mol. The Morgan fingerprint density at radius 3 is 2.21 bits per heavy atom. The van der Waals surface area contributed by atoms with Crippen molar-refractivity contribution in [3.63, 3.8) is 0 Å². The molecule has 2 aromatic rings. The molecule has 2 amide bonds. The Balaban J connectivity index is 2.03. The highest BCUT2D eigenvalue weighted by Gasteiger charge is 2.34. The third kappa shape index (κ3) is 4.03. The number of carbonyl (C=O) groups is 2. The van der Waals surface area contributed by atoms with E-state index in [9.17, 15) is 9.59 Å². The van der Waals surface area contributed by atoms with Crippen molar-refractivity contribution >= 4 is 52.5 Å². The van der Waals surface area contributed by atoms with E-state index in [1.165, 1.54) is 25.2 Å². The summed E-state index contributed by atoms with van der Waals surface area (Å²) in [7, 11) is 4.50. The SMILES string of the molecule is COc1ccc(N2C(=O)/C(=C\c3cc(OC)c(OC)cc3Cl)C(=O)NC2=S)cc1. The van der Waals surface area contributed by atoms with E-state index in [-0.39, 0.29) is 10.7 Å². The van der Waals surface area contributed by atoms with Gasteiger partial charge in [-0.25, -0.2) is 0 Å². The lowest BCUT2D eigenvalue weighted by atomic mass is 10.1. The van der Waals surface area contributed by atoms with Gasteiger partial charge in [0.1, 0.15) is 11.3 Å². The Morgan fingerprint density at radius 2 is 1.62 bits per heavy atom. The number of ether oxygens (including phenoxy) is 3. The predicted molar refractivity (Wildman–Crippen MR) is 114 cm³/mol. The molecule has 150 valence electrons. The number of benzene rings is 2. The van der Waals surface area contributed by atoms with E-state index in [4.69, 9.17) is 38.0 Å². The van der Waals surface area contributed by atoms with E-state index in [1.807, 2.05) is 0 Å². The number of hydrogen-bond donors (Lipinski definition) is 1. The Kier molecular flexibility index (Phi) is 6.05. The van der Waals surface area contributed by atoms with Crippen LogP contribution in [0, 0.1) is 0 Å². The molecule has 1 heterocycles. The maximum atomic E-state index is 13.1. The van der Waals surface area contributed by atoms with Gasteiger partial charge in [-0.3, -0.25) is 19.8 Å². The molecular weight excluding hydrogens is 416 g/mol. The molecule has 0 radical (unpaired) electrons. The van der Waals surface area contributed by atoms with Crippen molar-refractivity contribution in [3.8, 4) is 17.2 Å². The molecule has 0 spiro atoms. The molecule has 1 saturated heterocycles. The van der Waals surface area contributed by atoms with Crippen molar-refractivity contribution in [2.45, 2.75) is 0 Å². The van der Waals surface area contributed by atoms with Crippen molar-refractivity contribution in [2.75, 3.05) is 26.2 Å². The lowest BCUT2D eigenvalue weighted by Crippen LogP contribution is -2.54. The van der Waals surface area contributed by atoms with E-state index in [0.29, 0.717) is 33.5 Å². The number of nitrogens with one attached hydrogen (secondary N) is 1. The normalized spacial score (nSPS) is 15.4. The molecule has 0 aromatic heterocycles. The van der Waals surface area contributed by atoms with E-state index in [0.717, 1.165) is 0 Å². The molecule has 3 rings (SSSR count). The molecule has 29 heavy (non-hydrogen) atoms. The van der Waals surface area contributed by atoms with Gasteiger partial charge in [-0.1, -0.05) is 11.6 Å². The zero-order valence-electron chi connectivity index (χ0n) is 15.8. The zero-order chi connectivity index (χ0) is 21.1. The van der Waals surface area contributed by atoms with Crippen LogP contribution < -0.4 is 24.4 Å². The van der Waals surface area contributed by atoms with Crippen LogP contribution in [0.25, 0.3) is 6.08 Å². The fourth-order valence-corrected chi connectivity index (χ4v) is 3.25. The van der Waals surface area contributed by atoms with Crippen LogP contribution in [0.3, 0.4) is 0 Å². The molecule has 1 aliphatic heterocycles. The van der Waals surface area contributed by atoms with Crippen LogP contribution >= 0.6 is 23.8 Å². The van der Waals surface area contributed by atoms with Crippen molar-refractivity contribution in [1.82, 2.24) is 5.32 Å². The van der Waals surface area contributed by atoms with Crippen molar-refractivity contribution in [2.24, 2.45) is 0 Å². The second kappa shape index (κ2) is 8.50. The summed E-state index contributed by atoms with van der Waals surface area (Å²) in [5, 5.41) is 2.81. The number of hydrogen-bond acceptors (Lipinski definition) is 6. The van der Waals surface area contributed by atoms with Crippen molar-refractivity contribution < 1.29 is 23.8 Å². The van der Waals surface area contributed by atoms with Gasteiger partial charge in [0.25, 0.3) is 11.8 Å². The van der Waals surface area contributed by atoms with E-state index < -0.39 is 11.8 Å². The number of rotatable bonds is 5. The number of thiocarbonyl (C=S) groups is 1. The summed E-state index contributed by atoms with van der Waals surface area (Å²) in [5.41, 5.74) is 0.791. The first-order valence-corrected chi connectivity index (χ1v) is 9.15. The Bertz CT molecular complexity index is 1020. The van der Waals surface area contributed by atoms with Crippen LogP contribution in [0.1, 0.15) is 5.56 Å². The third-order valence-electron chi connectivity index (χ3n) is 4.24. The lowest BCUT2D eigenvalue weighted by Gasteiger charge is -2.29. The van der Waals surface area contributed by atoms with Gasteiger partial charge in [0.2, 0.25) is 0 Å². The molecule has 0 unspecified atom stereocenters. The molecule has 0 atom stereocenters. The highest BCUT2D eigenvalue weighted by molar-refractivity contribution is 7.80. The van der Waals surface area contributed by atoms with Crippen LogP contribution in [0.5, 0.6) is 17.2 Å². The largest absolute Gasteiger partial charge is 0.497 e. The molecule has 0 aliphatic carbocycles. The average Bonchev–Trinajstić information content (AvgIpc) is 2.72. The summed E-state index contributed by atoms with van der Waals surface area (Å²) in [6, 6.07) is 9.85. The molecule has 1 fully saturated rings. The van der Waals surface area contributed by atoms with Gasteiger partial charge in [0, 0.05) is 6.07 Å². The minimum Gasteiger partial charge on any atom is -0.497 e. The number of amides is 2. The van der Waals surface area contributed by atoms with Crippen LogP contribution in [0.15, 0.2) is 42.0 Å². The number of halogens is 1. The Hall–Kier alpha value is -3.10. The van der Waals surface area contributed by atoms with Gasteiger partial charge in [-0.05, 0) is 54.2 Å². The predicted octanol–water partition coefficient (Wildman–Crippen LogP) is 3.20. The van der Waals surface area contributed by atoms with Gasteiger partial charge in [-0.2, -0.15) is 0 Å². The summed E-state index contributed by atoms with van der Waals surface area (Å²) in [5.74, 6) is 0.279. The standard InChI is InChI=1S/C20H17ClN2O5S/c1-26-13-6-4-12(5-7-13)23-19(25)14(18(24)22-20(23)29)8-11-9-16(27-2)17(28-3)10-15(11)21/h4-10H,1-3H3,(H,22,24,29)/b14-8-. The quantitative estimate of drug-likeness (QED) is 0.444. The lowest BCUT2D eigenvalue weighted by molar-refractivity contribution is -0.122. The van der Waals surface area contributed by atoms with E-state index >= 15 is 0 Å². The van der Waals surface area contributed by atoms with Gasteiger partial charge >= 0.3 is 0 Å². The van der Waals surface area contributed by atoms with Crippen LogP contribution in [-0.4, -0.2) is 38.3 Å². The number of carbonyl (C=O) groups excluding carboxylic acids is 2. The fraction of sp³-hybridized carbons (Fsp3) is 0.150. The topological polar surface area (TPSA) is 77.1 Å². The first-order valence-electron chi connectivity index (χ1n) is 8.36. The van der Waals surface area contributed by atoms with Gasteiger partial charge in [-0.15, -0.1) is 0 Å². The molecule has 7 nitrogen and oxygen atoms in total. The highest BCUT2D eigenvalue weighted by atomic mass is 35.5. The summed E-state index contributed by atoms with van der Waals surface area (Å²) >= 11 is 11.5. The molecule has 1 aliphatic rings. The number of anilines is 1. The van der Waals surface area contributed by atoms with Gasteiger partial charge in [0.15, 0.2) is 16.6 Å². The summed E-state index contributed by atoms with van der Waals surface area (Å²) in [6.45, 7) is 0. The minimum atomic E-state index is -0.615. The molecule has 0 bridgehead atoms. The number of methoxy groups -OCH3 is 3. The van der Waals surface area contributed by atoms with Crippen LogP contribution in [-0.2, 0) is 9.59 Å². The van der Waals surface area contributed by atoms with Crippen LogP contribution in [0.4, 0.5) is 5.69 Å². The fourth-order valence-electron chi connectivity index (χ4n) is 2.76. The van der Waals surface area contributed by atoms with Crippen molar-refractivity contribution in [1.29, 1.82) is 0 Å². The van der Waals surface area contributed by atoms with E-state index in [2.05, 4.69) is 5.32 Å². The molecular formula is C20H17ClN2O5S. The van der Waals surface area contributed by atoms with Crippen molar-refractivity contribution in [3.05, 3.63) is 52.6 Å². The first kappa shape index (κ1) is 20.6. The summed E-state index contributed by atoms with van der Waals surface area (Å²) < 4.78 is 15.6. The number of nitrogens with zero attached hydrogens (tertiary/aromatic N) is 1. The third-order valence-corrected chi connectivity index (χ3v) is 4.85. The minimum absolute atomic E-state index is 0.0132. The maximum absolute atomic E-state index is 13.1. The second-order valence-corrected chi connectivity index (χ2v) is 6.68. The Labute approximate surface area is 177 Å². The molecule has 0 saturated carbocycles. The Morgan fingerprint density at radius 1 is 1.00 bits per heavy atom. The highest BCUT2D eigenvalue weighted by Crippen LogP contribution is 2.34. The maximum Gasteiger partial charge on any atom is 0.270 e. The second-order valence-electron chi connectivity index (χ2n) is 5.88. The van der Waals surface area contributed by atoms with Gasteiger partial charge in [0.05, 0.1) is 32.0 Å². The van der Waals surface area contributed by atoms with Crippen LogP contribution in [0.2, 0.25) is 5.02 Å². The summed E-state index contributed by atoms with van der Waals surface area (Å²) in [6.07, 6.45) is 1.39. The molecule has 2 aromatic carbocycles. The van der Waals surface area contributed by atoms with E-state index in [1.54, 1.807) is 43.5 Å². The molecule has 1 N–H and O–H groups in total. The smallest absolute Gasteiger partial charge is 0.270 e. The first-order chi connectivity index (χ1) is 13.9. The molecule has 9 heteroatoms. The monoisotopic (exact) mass is 432 g/mol. The summed E-state index contributed by atoms with van der Waals surface area (Å²) in [4.78, 5) is 26.8.